The maximum absolute atomic E-state index is 10.3. The van der Waals surface area contributed by atoms with E-state index in [-0.39, 0.29) is 26.2 Å². The maximum atomic E-state index is 10.3. The molecule has 0 aromatic rings. The molecule has 0 aliphatic carbocycles. The van der Waals surface area contributed by atoms with E-state index >= 15 is 0 Å². The van der Waals surface area contributed by atoms with E-state index in [1.54, 1.807) is 0 Å². The molecule has 0 heterocycles. The van der Waals surface area contributed by atoms with Gasteiger partial charge in [0.2, 0.25) is 0 Å². The molecule has 0 radical (unpaired) electrons. The Kier molecular flexibility index (Phi) is 18.9. The molecule has 17 heavy (non-hydrogen) atoms. The quantitative estimate of drug-likeness (QED) is 0.526. The van der Waals surface area contributed by atoms with Crippen LogP contribution < -0.4 is 0 Å². The predicted octanol–water partition coefficient (Wildman–Crippen LogP) is 4.77. The Morgan fingerprint density at radius 2 is 1.12 bits per heavy atom. The fourth-order valence-electron chi connectivity index (χ4n) is 1.94. The van der Waals surface area contributed by atoms with E-state index in [0.717, 1.165) is 12.8 Å². The molecule has 0 bridgehead atoms. The van der Waals surface area contributed by atoms with Crippen LogP contribution in [-0.2, 0) is 31.0 Å². The third kappa shape index (κ3) is 18.9. The van der Waals surface area contributed by atoms with E-state index < -0.39 is 5.97 Å². The van der Waals surface area contributed by atoms with Crippen molar-refractivity contribution in [3.8, 4) is 0 Å². The van der Waals surface area contributed by atoms with Gasteiger partial charge in [-0.15, -0.1) is 0 Å². The standard InChI is InChI=1S/C14H28O2.Zr/c1-2-3-4-5-6-7-8-9-10-11-12-13-14(15)16;/h2-13H2,1H3,(H,15,16);. The molecule has 0 aliphatic rings. The first-order valence-electron chi connectivity index (χ1n) is 6.99. The zero-order valence-electron chi connectivity index (χ0n) is 11.3. The summed E-state index contributed by atoms with van der Waals surface area (Å²) in [7, 11) is 0. The SMILES string of the molecule is CCCCCCCCCCCCCC(=O)O.[Zr]. The van der Waals surface area contributed by atoms with Crippen LogP contribution in [0.2, 0.25) is 0 Å². The van der Waals surface area contributed by atoms with Crippen molar-refractivity contribution in [3.05, 3.63) is 0 Å². The molecule has 0 spiro atoms. The van der Waals surface area contributed by atoms with Gasteiger partial charge in [0.25, 0.3) is 0 Å². The average molecular weight is 320 g/mol. The van der Waals surface area contributed by atoms with Crippen LogP contribution in [0.1, 0.15) is 84.0 Å². The van der Waals surface area contributed by atoms with Gasteiger partial charge in [-0.25, -0.2) is 0 Å². The number of carboxylic acids is 1. The molecule has 0 aliphatic heterocycles. The van der Waals surface area contributed by atoms with Gasteiger partial charge in [-0.3, -0.25) is 4.79 Å². The number of carbonyl (C=O) groups is 1. The fraction of sp³-hybridized carbons (Fsp3) is 0.929. The summed E-state index contributed by atoms with van der Waals surface area (Å²) in [4.78, 5) is 10.3. The zero-order valence-corrected chi connectivity index (χ0v) is 13.8. The molecule has 0 aromatic carbocycles. The normalized spacial score (nSPS) is 9.94. The first-order valence-corrected chi connectivity index (χ1v) is 6.99. The van der Waals surface area contributed by atoms with Crippen molar-refractivity contribution in [2.45, 2.75) is 84.0 Å². The minimum absolute atomic E-state index is 0. The molecular formula is C14H28O2Zr. The van der Waals surface area contributed by atoms with Crippen molar-refractivity contribution in [1.29, 1.82) is 0 Å². The number of hydrogen-bond donors (Lipinski definition) is 1. The summed E-state index contributed by atoms with van der Waals surface area (Å²) in [6.45, 7) is 2.25. The monoisotopic (exact) mass is 318 g/mol. The molecule has 0 saturated carbocycles. The molecule has 3 heteroatoms. The van der Waals surface area contributed by atoms with E-state index in [1.165, 1.54) is 57.8 Å². The first kappa shape index (κ1) is 19.7. The van der Waals surface area contributed by atoms with Crippen molar-refractivity contribution in [2.75, 3.05) is 0 Å². The van der Waals surface area contributed by atoms with Crippen LogP contribution in [-0.4, -0.2) is 11.1 Å². The van der Waals surface area contributed by atoms with Gasteiger partial charge in [-0.05, 0) is 6.42 Å². The summed E-state index contributed by atoms with van der Waals surface area (Å²) >= 11 is 0. The Balaban J connectivity index is 0. The molecule has 0 saturated heterocycles. The van der Waals surface area contributed by atoms with Gasteiger partial charge in [0, 0.05) is 32.6 Å². The van der Waals surface area contributed by atoms with Crippen LogP contribution in [0.3, 0.4) is 0 Å². The van der Waals surface area contributed by atoms with Crippen molar-refractivity contribution in [2.24, 2.45) is 0 Å². The van der Waals surface area contributed by atoms with Gasteiger partial charge in [0.1, 0.15) is 0 Å². The second-order valence-electron chi connectivity index (χ2n) is 4.68. The minimum atomic E-state index is -0.657. The van der Waals surface area contributed by atoms with Crippen molar-refractivity contribution in [3.63, 3.8) is 0 Å². The summed E-state index contributed by atoms with van der Waals surface area (Å²) in [5, 5.41) is 8.46. The molecule has 0 aromatic heterocycles. The number of unbranched alkanes of at least 4 members (excludes halogenated alkanes) is 10. The Labute approximate surface area is 126 Å². The summed E-state index contributed by atoms with van der Waals surface area (Å²) in [5.41, 5.74) is 0. The van der Waals surface area contributed by atoms with Gasteiger partial charge in [0.05, 0.1) is 0 Å². The number of aliphatic carboxylic acids is 1. The van der Waals surface area contributed by atoms with Crippen LogP contribution in [0.4, 0.5) is 0 Å². The Morgan fingerprint density at radius 3 is 1.47 bits per heavy atom. The zero-order chi connectivity index (χ0) is 12.1. The van der Waals surface area contributed by atoms with Gasteiger partial charge in [-0.1, -0.05) is 71.1 Å². The van der Waals surface area contributed by atoms with Crippen molar-refractivity contribution >= 4 is 5.97 Å². The smallest absolute Gasteiger partial charge is 0.303 e. The number of rotatable bonds is 12. The summed E-state index contributed by atoms with van der Waals surface area (Å²) in [6.07, 6.45) is 14.4. The Bertz CT molecular complexity index is 160. The molecule has 0 amide bonds. The predicted molar refractivity (Wildman–Crippen MR) is 68.7 cm³/mol. The van der Waals surface area contributed by atoms with Crippen LogP contribution in [0.25, 0.3) is 0 Å². The van der Waals surface area contributed by atoms with Gasteiger partial charge in [0.15, 0.2) is 0 Å². The second-order valence-corrected chi connectivity index (χ2v) is 4.68. The fourth-order valence-corrected chi connectivity index (χ4v) is 1.94. The molecule has 0 atom stereocenters. The van der Waals surface area contributed by atoms with Gasteiger partial charge in [-0.2, -0.15) is 0 Å². The van der Waals surface area contributed by atoms with Crippen molar-refractivity contribution in [1.82, 2.24) is 0 Å². The van der Waals surface area contributed by atoms with Crippen LogP contribution in [0.5, 0.6) is 0 Å². The number of hydrogen-bond acceptors (Lipinski definition) is 1. The summed E-state index contributed by atoms with van der Waals surface area (Å²) in [6, 6.07) is 0. The Hall–Kier alpha value is 0.353. The van der Waals surface area contributed by atoms with E-state index in [0.29, 0.717) is 6.42 Å². The molecular weight excluding hydrogens is 291 g/mol. The maximum Gasteiger partial charge on any atom is 0.303 e. The summed E-state index contributed by atoms with van der Waals surface area (Å²) in [5.74, 6) is -0.657. The minimum Gasteiger partial charge on any atom is -0.481 e. The first-order chi connectivity index (χ1) is 7.77. The molecule has 0 rings (SSSR count). The van der Waals surface area contributed by atoms with E-state index in [2.05, 4.69) is 6.92 Å². The second kappa shape index (κ2) is 16.4. The van der Waals surface area contributed by atoms with Crippen LogP contribution in [0.15, 0.2) is 0 Å². The molecule has 2 nitrogen and oxygen atoms in total. The Morgan fingerprint density at radius 1 is 0.765 bits per heavy atom. The van der Waals surface area contributed by atoms with Crippen LogP contribution >= 0.6 is 0 Å². The van der Waals surface area contributed by atoms with E-state index in [1.807, 2.05) is 0 Å². The molecule has 0 fully saturated rings. The van der Waals surface area contributed by atoms with Crippen LogP contribution in [0, 0.1) is 0 Å². The average Bonchev–Trinajstić information content (AvgIpc) is 2.25. The molecule has 1 N–H and O–H groups in total. The summed E-state index contributed by atoms with van der Waals surface area (Å²) < 4.78 is 0. The topological polar surface area (TPSA) is 37.3 Å². The third-order valence-electron chi connectivity index (χ3n) is 2.99. The van der Waals surface area contributed by atoms with Crippen molar-refractivity contribution < 1.29 is 36.1 Å². The van der Waals surface area contributed by atoms with Gasteiger partial charge < -0.3 is 5.11 Å². The largest absolute Gasteiger partial charge is 0.481 e. The van der Waals surface area contributed by atoms with E-state index in [9.17, 15) is 4.79 Å². The van der Waals surface area contributed by atoms with Gasteiger partial charge >= 0.3 is 5.97 Å². The molecule has 100 valence electrons. The number of carboxylic acid groups (broad SMARTS) is 1. The molecule has 0 unspecified atom stereocenters. The van der Waals surface area contributed by atoms with E-state index in [4.69, 9.17) is 5.11 Å². The third-order valence-corrected chi connectivity index (χ3v) is 2.99.